The maximum atomic E-state index is 13.8. The Kier molecular flexibility index (Phi) is 4.45. The highest BCUT2D eigenvalue weighted by Crippen LogP contribution is 2.23. The summed E-state index contributed by atoms with van der Waals surface area (Å²) in [6.07, 6.45) is 0. The molecule has 94 valence electrons. The number of carbonyl (C=O) groups is 1. The van der Waals surface area contributed by atoms with Crippen LogP contribution in [0.25, 0.3) is 0 Å². The van der Waals surface area contributed by atoms with E-state index in [9.17, 15) is 9.18 Å². The Labute approximate surface area is 101 Å². The Morgan fingerprint density at radius 1 is 1.53 bits per heavy atom. The first-order valence-corrected chi connectivity index (χ1v) is 5.48. The van der Waals surface area contributed by atoms with Crippen molar-refractivity contribution in [3.8, 4) is 0 Å². The van der Waals surface area contributed by atoms with Crippen LogP contribution in [0.1, 0.15) is 13.8 Å². The van der Waals surface area contributed by atoms with Crippen molar-refractivity contribution < 1.29 is 9.18 Å². The first-order valence-electron chi connectivity index (χ1n) is 5.48. The fourth-order valence-electron chi connectivity index (χ4n) is 1.36. The number of anilines is 2. The van der Waals surface area contributed by atoms with Gasteiger partial charge in [0.2, 0.25) is 5.91 Å². The third kappa shape index (κ3) is 3.42. The molecule has 0 spiro atoms. The number of benzene rings is 1. The Morgan fingerprint density at radius 2 is 2.18 bits per heavy atom. The molecule has 0 atom stereocenters. The van der Waals surface area contributed by atoms with Gasteiger partial charge in [-0.2, -0.15) is 0 Å². The minimum Gasteiger partial charge on any atom is -0.370 e. The number of nitrogens with zero attached hydrogens (tertiary/aromatic N) is 1. The molecule has 0 aliphatic heterocycles. The van der Waals surface area contributed by atoms with E-state index in [2.05, 4.69) is 5.32 Å². The number of hydrogen-bond acceptors (Lipinski definition) is 3. The van der Waals surface area contributed by atoms with Crippen LogP contribution >= 0.6 is 0 Å². The van der Waals surface area contributed by atoms with Gasteiger partial charge in [-0.1, -0.05) is 0 Å². The van der Waals surface area contributed by atoms with Gasteiger partial charge in [0.1, 0.15) is 5.82 Å². The first-order chi connectivity index (χ1) is 7.95. The summed E-state index contributed by atoms with van der Waals surface area (Å²) in [5, 5.41) is 2.51. The zero-order valence-corrected chi connectivity index (χ0v) is 10.3. The zero-order chi connectivity index (χ0) is 13.0. The molecule has 0 bridgehead atoms. The molecule has 1 aromatic rings. The summed E-state index contributed by atoms with van der Waals surface area (Å²) >= 11 is 0. The molecule has 0 saturated heterocycles. The number of nitrogens with two attached hydrogens (primary N) is 1. The van der Waals surface area contributed by atoms with E-state index in [-0.39, 0.29) is 24.3 Å². The summed E-state index contributed by atoms with van der Waals surface area (Å²) in [6.45, 7) is 3.84. The Hall–Kier alpha value is -1.62. The van der Waals surface area contributed by atoms with Crippen LogP contribution < -0.4 is 16.0 Å². The van der Waals surface area contributed by atoms with E-state index in [1.807, 2.05) is 25.8 Å². The number of rotatable bonds is 4. The number of nitrogens with one attached hydrogen (secondary N) is 1. The molecule has 0 unspecified atom stereocenters. The average Bonchev–Trinajstić information content (AvgIpc) is 2.28. The van der Waals surface area contributed by atoms with Crippen LogP contribution in [-0.4, -0.2) is 25.5 Å². The van der Waals surface area contributed by atoms with Crippen LogP contribution in [0.4, 0.5) is 15.8 Å². The van der Waals surface area contributed by atoms with E-state index in [4.69, 9.17) is 5.73 Å². The van der Waals surface area contributed by atoms with Crippen molar-refractivity contribution in [3.05, 3.63) is 24.0 Å². The highest BCUT2D eigenvalue weighted by molar-refractivity contribution is 5.92. The summed E-state index contributed by atoms with van der Waals surface area (Å²) in [4.78, 5) is 12.9. The molecule has 1 amide bonds. The number of carbonyl (C=O) groups excluding carboxylic acids is 1. The second kappa shape index (κ2) is 5.63. The molecule has 0 saturated carbocycles. The Morgan fingerprint density at radius 3 is 2.65 bits per heavy atom. The van der Waals surface area contributed by atoms with E-state index in [1.165, 1.54) is 6.07 Å². The standard InChI is InChI=1S/C12H18FN3O/c1-8(2)16(3)11-5-4-9(6-10(11)13)15-12(17)7-14/h4-6,8H,7,14H2,1-3H3,(H,15,17). The van der Waals surface area contributed by atoms with Gasteiger partial charge in [0.15, 0.2) is 0 Å². The maximum absolute atomic E-state index is 13.8. The van der Waals surface area contributed by atoms with Gasteiger partial charge < -0.3 is 16.0 Å². The molecule has 17 heavy (non-hydrogen) atoms. The van der Waals surface area contributed by atoms with Crippen LogP contribution in [0.3, 0.4) is 0 Å². The normalized spacial score (nSPS) is 10.5. The predicted octanol–water partition coefficient (Wildman–Crippen LogP) is 1.57. The van der Waals surface area contributed by atoms with Crippen molar-refractivity contribution in [1.29, 1.82) is 0 Å². The molecule has 0 heterocycles. The van der Waals surface area contributed by atoms with Crippen LogP contribution in [-0.2, 0) is 4.79 Å². The van der Waals surface area contributed by atoms with Gasteiger partial charge in [-0.3, -0.25) is 4.79 Å². The van der Waals surface area contributed by atoms with Crippen molar-refractivity contribution in [1.82, 2.24) is 0 Å². The van der Waals surface area contributed by atoms with E-state index in [0.717, 1.165) is 0 Å². The van der Waals surface area contributed by atoms with Gasteiger partial charge in [0.25, 0.3) is 0 Å². The Bertz CT molecular complexity index is 407. The molecule has 0 aliphatic rings. The van der Waals surface area contributed by atoms with E-state index >= 15 is 0 Å². The van der Waals surface area contributed by atoms with Crippen LogP contribution in [0.15, 0.2) is 18.2 Å². The molecular weight excluding hydrogens is 221 g/mol. The van der Waals surface area contributed by atoms with Gasteiger partial charge in [-0.15, -0.1) is 0 Å². The fourth-order valence-corrected chi connectivity index (χ4v) is 1.36. The van der Waals surface area contributed by atoms with Crippen LogP contribution in [0.5, 0.6) is 0 Å². The molecule has 0 fully saturated rings. The van der Waals surface area contributed by atoms with Gasteiger partial charge >= 0.3 is 0 Å². The quantitative estimate of drug-likeness (QED) is 0.838. The average molecular weight is 239 g/mol. The predicted molar refractivity (Wildman–Crippen MR) is 67.6 cm³/mol. The smallest absolute Gasteiger partial charge is 0.238 e. The molecule has 5 heteroatoms. The number of amides is 1. The lowest BCUT2D eigenvalue weighted by atomic mass is 10.2. The van der Waals surface area contributed by atoms with Gasteiger partial charge in [-0.25, -0.2) is 4.39 Å². The molecular formula is C12H18FN3O. The number of hydrogen-bond donors (Lipinski definition) is 2. The minimum absolute atomic E-state index is 0.116. The van der Waals surface area contributed by atoms with Crippen molar-refractivity contribution in [2.24, 2.45) is 5.73 Å². The lowest BCUT2D eigenvalue weighted by Crippen LogP contribution is -2.26. The summed E-state index contributed by atoms with van der Waals surface area (Å²) in [7, 11) is 1.82. The van der Waals surface area contributed by atoms with Crippen molar-refractivity contribution in [2.75, 3.05) is 23.8 Å². The van der Waals surface area contributed by atoms with E-state index < -0.39 is 0 Å². The largest absolute Gasteiger partial charge is 0.370 e. The first kappa shape index (κ1) is 13.4. The second-order valence-electron chi connectivity index (χ2n) is 4.12. The molecule has 0 aromatic heterocycles. The van der Waals surface area contributed by atoms with Crippen LogP contribution in [0, 0.1) is 5.82 Å². The molecule has 4 nitrogen and oxygen atoms in total. The zero-order valence-electron chi connectivity index (χ0n) is 10.3. The summed E-state index contributed by atoms with van der Waals surface area (Å²) in [6, 6.07) is 4.79. The van der Waals surface area contributed by atoms with E-state index in [1.54, 1.807) is 12.1 Å². The summed E-state index contributed by atoms with van der Waals surface area (Å²) in [5.74, 6) is -0.703. The second-order valence-corrected chi connectivity index (χ2v) is 4.12. The van der Waals surface area contributed by atoms with Crippen molar-refractivity contribution in [2.45, 2.75) is 19.9 Å². The van der Waals surface area contributed by atoms with Gasteiger partial charge in [-0.05, 0) is 32.0 Å². The lowest BCUT2D eigenvalue weighted by Gasteiger charge is -2.24. The minimum atomic E-state index is -0.365. The summed E-state index contributed by atoms with van der Waals surface area (Å²) < 4.78 is 13.8. The molecule has 0 aliphatic carbocycles. The van der Waals surface area contributed by atoms with Crippen LogP contribution in [0.2, 0.25) is 0 Å². The SMILES string of the molecule is CC(C)N(C)c1ccc(NC(=O)CN)cc1F. The topological polar surface area (TPSA) is 58.4 Å². The maximum Gasteiger partial charge on any atom is 0.238 e. The van der Waals surface area contributed by atoms with Crippen molar-refractivity contribution in [3.63, 3.8) is 0 Å². The van der Waals surface area contributed by atoms with Gasteiger partial charge in [0, 0.05) is 18.8 Å². The molecule has 1 rings (SSSR count). The number of halogens is 1. The Balaban J connectivity index is 2.90. The monoisotopic (exact) mass is 239 g/mol. The molecule has 1 aromatic carbocycles. The van der Waals surface area contributed by atoms with Gasteiger partial charge in [0.05, 0.1) is 12.2 Å². The third-order valence-corrected chi connectivity index (χ3v) is 2.57. The van der Waals surface area contributed by atoms with E-state index in [0.29, 0.717) is 11.4 Å². The molecule has 3 N–H and O–H groups in total. The highest BCUT2D eigenvalue weighted by Gasteiger charge is 2.11. The lowest BCUT2D eigenvalue weighted by molar-refractivity contribution is -0.114. The highest BCUT2D eigenvalue weighted by atomic mass is 19.1. The van der Waals surface area contributed by atoms with Crippen molar-refractivity contribution >= 4 is 17.3 Å². The third-order valence-electron chi connectivity index (χ3n) is 2.57. The molecule has 0 radical (unpaired) electrons. The summed E-state index contributed by atoms with van der Waals surface area (Å²) in [5.41, 5.74) is 6.08. The fraction of sp³-hybridized carbons (Fsp3) is 0.417.